The molecule has 146 valence electrons. The minimum atomic E-state index is -0.432. The van der Waals surface area contributed by atoms with Crippen LogP contribution in [0.2, 0.25) is 5.02 Å². The van der Waals surface area contributed by atoms with Crippen molar-refractivity contribution in [2.45, 2.75) is 18.7 Å². The number of halogens is 2. The first-order valence-electron chi connectivity index (χ1n) is 8.38. The number of para-hydroxylation sites is 1. The summed E-state index contributed by atoms with van der Waals surface area (Å²) in [4.78, 5) is 12.2. The Labute approximate surface area is 171 Å². The Bertz CT molecular complexity index is 996. The molecule has 1 N–H and O–H groups in total. The molecule has 0 radical (unpaired) electrons. The fourth-order valence-corrected chi connectivity index (χ4v) is 3.31. The summed E-state index contributed by atoms with van der Waals surface area (Å²) < 4.78 is 20.4. The van der Waals surface area contributed by atoms with Crippen LogP contribution in [0.15, 0.2) is 47.6 Å². The molecule has 0 aliphatic rings. The van der Waals surface area contributed by atoms with Crippen molar-refractivity contribution in [3.63, 3.8) is 0 Å². The lowest BCUT2D eigenvalue weighted by atomic mass is 10.2. The maximum absolute atomic E-state index is 13.1. The van der Waals surface area contributed by atoms with Crippen LogP contribution in [0.3, 0.4) is 0 Å². The normalized spacial score (nSPS) is 10.7. The molecule has 1 heterocycles. The van der Waals surface area contributed by atoms with Gasteiger partial charge in [0.1, 0.15) is 18.2 Å². The van der Waals surface area contributed by atoms with Crippen LogP contribution >= 0.6 is 23.4 Å². The van der Waals surface area contributed by atoms with Gasteiger partial charge in [-0.3, -0.25) is 4.79 Å². The van der Waals surface area contributed by atoms with E-state index in [1.807, 2.05) is 31.2 Å². The second-order valence-corrected chi connectivity index (χ2v) is 7.32. The van der Waals surface area contributed by atoms with Gasteiger partial charge in [-0.1, -0.05) is 41.6 Å². The molecule has 3 rings (SSSR count). The zero-order chi connectivity index (χ0) is 20.1. The van der Waals surface area contributed by atoms with Crippen molar-refractivity contribution in [2.75, 3.05) is 11.1 Å². The molecular weight excluding hydrogens is 403 g/mol. The van der Waals surface area contributed by atoms with E-state index in [-0.39, 0.29) is 23.3 Å². The summed E-state index contributed by atoms with van der Waals surface area (Å²) >= 11 is 7.22. The summed E-state index contributed by atoms with van der Waals surface area (Å²) in [5.74, 6) is 0.558. The van der Waals surface area contributed by atoms with Crippen molar-refractivity contribution < 1.29 is 13.9 Å². The van der Waals surface area contributed by atoms with Crippen molar-refractivity contribution in [3.8, 4) is 5.75 Å². The smallest absolute Gasteiger partial charge is 0.234 e. The number of thioether (sulfide) groups is 1. The van der Waals surface area contributed by atoms with Crippen LogP contribution in [-0.4, -0.2) is 26.4 Å². The number of nitrogens with zero attached hydrogens (tertiary/aromatic N) is 3. The summed E-state index contributed by atoms with van der Waals surface area (Å²) in [5, 5.41) is 11.8. The Morgan fingerprint density at radius 2 is 2.07 bits per heavy atom. The first kappa shape index (κ1) is 20.2. The number of hydrogen-bond donors (Lipinski definition) is 1. The molecule has 0 fully saturated rings. The van der Waals surface area contributed by atoms with E-state index in [1.165, 1.54) is 30.0 Å². The van der Waals surface area contributed by atoms with Gasteiger partial charge in [-0.2, -0.15) is 0 Å². The van der Waals surface area contributed by atoms with Crippen molar-refractivity contribution in [2.24, 2.45) is 7.05 Å². The maximum Gasteiger partial charge on any atom is 0.234 e. The number of hydrogen-bond acceptors (Lipinski definition) is 5. The van der Waals surface area contributed by atoms with Crippen LogP contribution < -0.4 is 10.1 Å². The molecule has 0 saturated carbocycles. The van der Waals surface area contributed by atoms with Crippen LogP contribution in [0, 0.1) is 12.7 Å². The second kappa shape index (κ2) is 9.07. The summed E-state index contributed by atoms with van der Waals surface area (Å²) in [7, 11) is 1.78. The number of anilines is 1. The first-order chi connectivity index (χ1) is 13.4. The monoisotopic (exact) mass is 420 g/mol. The molecule has 0 spiro atoms. The molecule has 0 aliphatic carbocycles. The van der Waals surface area contributed by atoms with Gasteiger partial charge < -0.3 is 14.6 Å². The number of carbonyl (C=O) groups excluding carboxylic acids is 1. The Morgan fingerprint density at radius 3 is 2.82 bits per heavy atom. The van der Waals surface area contributed by atoms with E-state index in [4.69, 9.17) is 16.3 Å². The molecule has 1 aromatic heterocycles. The molecule has 0 aliphatic heterocycles. The summed E-state index contributed by atoms with van der Waals surface area (Å²) in [6, 6.07) is 11.5. The molecule has 2 aromatic carbocycles. The van der Waals surface area contributed by atoms with Gasteiger partial charge >= 0.3 is 0 Å². The van der Waals surface area contributed by atoms with Crippen LogP contribution in [0.1, 0.15) is 11.4 Å². The maximum atomic E-state index is 13.1. The van der Waals surface area contributed by atoms with Gasteiger partial charge in [0.25, 0.3) is 0 Å². The topological polar surface area (TPSA) is 69.0 Å². The molecule has 0 atom stereocenters. The third-order valence-corrected chi connectivity index (χ3v) is 5.24. The quantitative estimate of drug-likeness (QED) is 0.579. The minimum Gasteiger partial charge on any atom is -0.484 e. The summed E-state index contributed by atoms with van der Waals surface area (Å²) in [5.41, 5.74) is 1.79. The number of rotatable bonds is 7. The predicted molar refractivity (Wildman–Crippen MR) is 107 cm³/mol. The predicted octanol–water partition coefficient (Wildman–Crippen LogP) is 4.23. The average Bonchev–Trinajstić information content (AvgIpc) is 3.01. The number of nitrogens with one attached hydrogen (secondary N) is 1. The molecule has 0 bridgehead atoms. The van der Waals surface area contributed by atoms with E-state index in [1.54, 1.807) is 11.6 Å². The molecule has 3 aromatic rings. The van der Waals surface area contributed by atoms with Crippen LogP contribution in [0.4, 0.5) is 10.1 Å². The van der Waals surface area contributed by atoms with Crippen molar-refractivity contribution in [3.05, 3.63) is 64.7 Å². The van der Waals surface area contributed by atoms with E-state index in [2.05, 4.69) is 15.5 Å². The van der Waals surface area contributed by atoms with Gasteiger partial charge in [-0.05, 0) is 36.8 Å². The highest BCUT2D eigenvalue weighted by Gasteiger charge is 2.13. The number of carbonyl (C=O) groups is 1. The third kappa shape index (κ3) is 5.02. The highest BCUT2D eigenvalue weighted by molar-refractivity contribution is 7.99. The molecule has 6 nitrogen and oxygen atoms in total. The summed E-state index contributed by atoms with van der Waals surface area (Å²) in [6.07, 6.45) is 0. The second-order valence-electron chi connectivity index (χ2n) is 5.97. The van der Waals surface area contributed by atoms with Crippen molar-refractivity contribution in [1.82, 2.24) is 14.8 Å². The summed E-state index contributed by atoms with van der Waals surface area (Å²) in [6.45, 7) is 2.05. The number of aromatic nitrogens is 3. The molecule has 1 amide bonds. The zero-order valence-corrected chi connectivity index (χ0v) is 16.9. The highest BCUT2D eigenvalue weighted by Crippen LogP contribution is 2.26. The van der Waals surface area contributed by atoms with Gasteiger partial charge in [0.05, 0.1) is 10.8 Å². The van der Waals surface area contributed by atoms with Gasteiger partial charge in [0, 0.05) is 12.7 Å². The van der Waals surface area contributed by atoms with E-state index >= 15 is 0 Å². The molecule has 9 heteroatoms. The molecule has 0 saturated heterocycles. The van der Waals surface area contributed by atoms with Gasteiger partial charge in [-0.25, -0.2) is 4.39 Å². The fourth-order valence-electron chi connectivity index (χ4n) is 2.36. The first-order valence-corrected chi connectivity index (χ1v) is 9.75. The number of amides is 1. The van der Waals surface area contributed by atoms with E-state index in [0.29, 0.717) is 16.7 Å². The molecule has 0 unspecified atom stereocenters. The Kier molecular flexibility index (Phi) is 6.53. The van der Waals surface area contributed by atoms with Crippen LogP contribution in [0.5, 0.6) is 5.75 Å². The van der Waals surface area contributed by atoms with E-state index in [9.17, 15) is 9.18 Å². The lowest BCUT2D eigenvalue weighted by Crippen LogP contribution is -2.15. The van der Waals surface area contributed by atoms with Crippen LogP contribution in [-0.2, 0) is 18.4 Å². The lowest BCUT2D eigenvalue weighted by molar-refractivity contribution is -0.113. The molecule has 28 heavy (non-hydrogen) atoms. The Balaban J connectivity index is 1.55. The highest BCUT2D eigenvalue weighted by atomic mass is 35.5. The molecular formula is C19H18ClFN4O2S. The zero-order valence-electron chi connectivity index (χ0n) is 15.3. The number of ether oxygens (including phenoxy) is 1. The van der Waals surface area contributed by atoms with Crippen molar-refractivity contribution in [1.29, 1.82) is 0 Å². The van der Waals surface area contributed by atoms with Gasteiger partial charge in [-0.15, -0.1) is 10.2 Å². The fraction of sp³-hybridized carbons (Fsp3) is 0.211. The standard InChI is InChI=1S/C19H18ClFN4O2S/c1-12-5-3-4-6-15(12)22-18(26)11-28-19-24-23-17(25(19)2)10-27-16-8-7-13(21)9-14(16)20/h3-9H,10-11H2,1-2H3,(H,22,26). The average molecular weight is 421 g/mol. The third-order valence-electron chi connectivity index (χ3n) is 3.93. The van der Waals surface area contributed by atoms with E-state index < -0.39 is 5.82 Å². The van der Waals surface area contributed by atoms with Crippen LogP contribution in [0.25, 0.3) is 0 Å². The SMILES string of the molecule is Cc1ccccc1NC(=O)CSc1nnc(COc2ccc(F)cc2Cl)n1C. The van der Waals surface area contributed by atoms with Gasteiger partial charge in [0.15, 0.2) is 11.0 Å². The Morgan fingerprint density at radius 1 is 1.29 bits per heavy atom. The Hall–Kier alpha value is -2.58. The largest absolute Gasteiger partial charge is 0.484 e. The van der Waals surface area contributed by atoms with Crippen molar-refractivity contribution >= 4 is 35.0 Å². The lowest BCUT2D eigenvalue weighted by Gasteiger charge is -2.09. The van der Waals surface area contributed by atoms with Gasteiger partial charge in [0.2, 0.25) is 5.91 Å². The number of aryl methyl sites for hydroxylation is 1. The minimum absolute atomic E-state index is 0.116. The van der Waals surface area contributed by atoms with E-state index in [0.717, 1.165) is 11.3 Å². The number of benzene rings is 2.